The first-order valence-electron chi connectivity index (χ1n) is 6.28. The molecule has 1 aromatic rings. The van der Waals surface area contributed by atoms with E-state index in [1.54, 1.807) is 6.07 Å². The quantitative estimate of drug-likeness (QED) is 0.455. The minimum Gasteiger partial charge on any atom is -0.493 e. The first-order valence-corrected chi connectivity index (χ1v) is 7.40. The number of benzene rings is 1. The minimum atomic E-state index is -0.400. The van der Waals surface area contributed by atoms with Crippen molar-refractivity contribution in [3.05, 3.63) is 33.9 Å². The van der Waals surface area contributed by atoms with Crippen molar-refractivity contribution in [3.63, 3.8) is 0 Å². The van der Waals surface area contributed by atoms with Gasteiger partial charge in [0, 0.05) is 36.1 Å². The number of nitro benzene ring substituents is 1. The molecule has 1 aliphatic rings. The molecule has 6 heteroatoms. The van der Waals surface area contributed by atoms with E-state index < -0.39 is 4.92 Å². The Hall–Kier alpha value is -1.14. The molecule has 0 bridgehead atoms. The Morgan fingerprint density at radius 1 is 1.53 bits per heavy atom. The molecule has 0 aromatic heterocycles. The number of halogens is 1. The van der Waals surface area contributed by atoms with E-state index >= 15 is 0 Å². The molecule has 2 rings (SSSR count). The third-order valence-electron chi connectivity index (χ3n) is 3.12. The van der Waals surface area contributed by atoms with Crippen LogP contribution in [0.15, 0.2) is 18.2 Å². The predicted octanol–water partition coefficient (Wildman–Crippen LogP) is 3.44. The van der Waals surface area contributed by atoms with Crippen molar-refractivity contribution in [2.75, 3.05) is 13.2 Å². The Morgan fingerprint density at radius 3 is 3.00 bits per heavy atom. The zero-order chi connectivity index (χ0) is 13.7. The van der Waals surface area contributed by atoms with E-state index in [2.05, 4.69) is 15.9 Å². The summed E-state index contributed by atoms with van der Waals surface area (Å²) < 4.78 is 11.2. The molecule has 0 aliphatic carbocycles. The number of nitro groups is 1. The van der Waals surface area contributed by atoms with Crippen molar-refractivity contribution in [1.29, 1.82) is 0 Å². The number of ether oxygens (including phenoxy) is 2. The van der Waals surface area contributed by atoms with Gasteiger partial charge in [0.2, 0.25) is 0 Å². The lowest BCUT2D eigenvalue weighted by molar-refractivity contribution is -0.384. The average molecular weight is 330 g/mol. The summed E-state index contributed by atoms with van der Waals surface area (Å²) in [7, 11) is 0. The second-order valence-electron chi connectivity index (χ2n) is 4.45. The van der Waals surface area contributed by atoms with Crippen LogP contribution in [-0.2, 0) is 10.1 Å². The van der Waals surface area contributed by atoms with Crippen molar-refractivity contribution < 1.29 is 14.4 Å². The molecule has 1 saturated heterocycles. The number of rotatable bonds is 6. The molecule has 1 fully saturated rings. The fourth-order valence-electron chi connectivity index (χ4n) is 2.10. The van der Waals surface area contributed by atoms with Crippen molar-refractivity contribution in [2.45, 2.75) is 30.7 Å². The Morgan fingerprint density at radius 2 is 2.37 bits per heavy atom. The van der Waals surface area contributed by atoms with Crippen molar-refractivity contribution >= 4 is 21.6 Å². The molecule has 0 spiro atoms. The molecule has 1 unspecified atom stereocenters. The predicted molar refractivity (Wildman–Crippen MR) is 74.8 cm³/mol. The van der Waals surface area contributed by atoms with Crippen LogP contribution in [0.1, 0.15) is 24.8 Å². The van der Waals surface area contributed by atoms with E-state index in [0.29, 0.717) is 23.8 Å². The number of hydrogen-bond donors (Lipinski definition) is 0. The average Bonchev–Trinajstić information content (AvgIpc) is 2.92. The molecule has 0 N–H and O–H groups in total. The highest BCUT2D eigenvalue weighted by molar-refractivity contribution is 9.08. The van der Waals surface area contributed by atoms with Gasteiger partial charge >= 0.3 is 0 Å². The highest BCUT2D eigenvalue weighted by atomic mass is 79.9. The van der Waals surface area contributed by atoms with Gasteiger partial charge in [-0.25, -0.2) is 0 Å². The summed E-state index contributed by atoms with van der Waals surface area (Å²) in [6.07, 6.45) is 3.37. The lowest BCUT2D eigenvalue weighted by Crippen LogP contribution is -2.11. The maximum absolute atomic E-state index is 10.7. The van der Waals surface area contributed by atoms with Gasteiger partial charge in [-0.05, 0) is 18.9 Å². The van der Waals surface area contributed by atoms with Gasteiger partial charge in [-0.2, -0.15) is 0 Å². The minimum absolute atomic E-state index is 0.0842. The molecule has 19 heavy (non-hydrogen) atoms. The summed E-state index contributed by atoms with van der Waals surface area (Å²) in [5.74, 6) is 0.695. The molecule has 1 aromatic carbocycles. The third-order valence-corrected chi connectivity index (χ3v) is 3.72. The van der Waals surface area contributed by atoms with Crippen LogP contribution in [-0.4, -0.2) is 24.2 Å². The summed E-state index contributed by atoms with van der Waals surface area (Å²) in [6, 6.07) is 4.66. The van der Waals surface area contributed by atoms with Crippen LogP contribution in [0, 0.1) is 10.1 Å². The SMILES string of the molecule is O=[N+]([O-])c1ccc(OCCC2CCCO2)c(CBr)c1. The van der Waals surface area contributed by atoms with E-state index in [1.165, 1.54) is 12.1 Å². The van der Waals surface area contributed by atoms with Gasteiger partial charge in [0.25, 0.3) is 5.69 Å². The first-order chi connectivity index (χ1) is 9.20. The Kier molecular flexibility index (Phi) is 5.15. The Bertz CT molecular complexity index is 446. The zero-order valence-corrected chi connectivity index (χ0v) is 12.1. The van der Waals surface area contributed by atoms with Crippen LogP contribution in [0.3, 0.4) is 0 Å². The van der Waals surface area contributed by atoms with Crippen LogP contribution < -0.4 is 4.74 Å². The van der Waals surface area contributed by atoms with Crippen molar-refractivity contribution in [3.8, 4) is 5.75 Å². The molecule has 1 atom stereocenters. The number of nitrogens with zero attached hydrogens (tertiary/aromatic N) is 1. The van der Waals surface area contributed by atoms with E-state index in [4.69, 9.17) is 9.47 Å². The van der Waals surface area contributed by atoms with Gasteiger partial charge in [0.1, 0.15) is 5.75 Å². The van der Waals surface area contributed by atoms with E-state index in [1.807, 2.05) is 0 Å². The maximum Gasteiger partial charge on any atom is 0.270 e. The maximum atomic E-state index is 10.7. The smallest absolute Gasteiger partial charge is 0.270 e. The largest absolute Gasteiger partial charge is 0.493 e. The third kappa shape index (κ3) is 3.91. The molecule has 0 radical (unpaired) electrons. The molecule has 104 valence electrons. The second kappa shape index (κ2) is 6.86. The summed E-state index contributed by atoms with van der Waals surface area (Å²) in [5, 5.41) is 11.2. The fraction of sp³-hybridized carbons (Fsp3) is 0.538. The van der Waals surface area contributed by atoms with Crippen LogP contribution in [0.5, 0.6) is 5.75 Å². The molecular weight excluding hydrogens is 314 g/mol. The fourth-order valence-corrected chi connectivity index (χ4v) is 2.54. The summed E-state index contributed by atoms with van der Waals surface area (Å²) in [4.78, 5) is 10.3. The van der Waals surface area contributed by atoms with E-state index in [-0.39, 0.29) is 5.69 Å². The molecule has 1 aliphatic heterocycles. The molecule has 1 heterocycles. The van der Waals surface area contributed by atoms with Crippen LogP contribution >= 0.6 is 15.9 Å². The van der Waals surface area contributed by atoms with Gasteiger partial charge in [-0.15, -0.1) is 0 Å². The van der Waals surface area contributed by atoms with E-state index in [0.717, 1.165) is 31.4 Å². The Balaban J connectivity index is 1.93. The summed E-state index contributed by atoms with van der Waals surface area (Å²) in [5.41, 5.74) is 0.877. The van der Waals surface area contributed by atoms with Gasteiger partial charge in [0.05, 0.1) is 17.6 Å². The first kappa shape index (κ1) is 14.3. The highest BCUT2D eigenvalue weighted by Crippen LogP contribution is 2.26. The Labute approximate surface area is 120 Å². The standard InChI is InChI=1S/C13H16BrNO4/c14-9-10-8-11(15(16)17)3-4-13(10)19-7-5-12-2-1-6-18-12/h3-4,8,12H,1-2,5-7,9H2. The number of alkyl halides is 1. The van der Waals surface area contributed by atoms with Crippen molar-refractivity contribution in [1.82, 2.24) is 0 Å². The van der Waals surface area contributed by atoms with Crippen LogP contribution in [0.2, 0.25) is 0 Å². The van der Waals surface area contributed by atoms with Gasteiger partial charge in [-0.3, -0.25) is 10.1 Å². The van der Waals surface area contributed by atoms with Crippen molar-refractivity contribution in [2.24, 2.45) is 0 Å². The molecular formula is C13H16BrNO4. The molecule has 5 nitrogen and oxygen atoms in total. The van der Waals surface area contributed by atoms with Gasteiger partial charge in [-0.1, -0.05) is 15.9 Å². The molecule has 0 amide bonds. The monoisotopic (exact) mass is 329 g/mol. The number of hydrogen-bond acceptors (Lipinski definition) is 4. The highest BCUT2D eigenvalue weighted by Gasteiger charge is 2.16. The lowest BCUT2D eigenvalue weighted by atomic mass is 10.2. The zero-order valence-electron chi connectivity index (χ0n) is 10.5. The second-order valence-corrected chi connectivity index (χ2v) is 5.02. The normalized spacial score (nSPS) is 18.5. The lowest BCUT2D eigenvalue weighted by Gasteiger charge is -2.12. The van der Waals surface area contributed by atoms with Crippen LogP contribution in [0.4, 0.5) is 5.69 Å². The van der Waals surface area contributed by atoms with E-state index in [9.17, 15) is 10.1 Å². The summed E-state index contributed by atoms with van der Waals surface area (Å²) in [6.45, 7) is 1.41. The number of non-ortho nitro benzene ring substituents is 1. The topological polar surface area (TPSA) is 61.6 Å². The summed E-state index contributed by atoms with van der Waals surface area (Å²) >= 11 is 3.32. The van der Waals surface area contributed by atoms with Crippen LogP contribution in [0.25, 0.3) is 0 Å². The molecule has 0 saturated carbocycles. The van der Waals surface area contributed by atoms with Gasteiger partial charge in [0.15, 0.2) is 0 Å². The van der Waals surface area contributed by atoms with Gasteiger partial charge < -0.3 is 9.47 Å².